The summed E-state index contributed by atoms with van der Waals surface area (Å²) >= 11 is 3.27. The molecule has 0 saturated carbocycles. The first kappa shape index (κ1) is 14.5. The fraction of sp³-hybridized carbons (Fsp3) is 0.571. The van der Waals surface area contributed by atoms with Crippen LogP contribution < -0.4 is 5.32 Å². The van der Waals surface area contributed by atoms with Gasteiger partial charge >= 0.3 is 0 Å². The van der Waals surface area contributed by atoms with E-state index in [1.807, 2.05) is 12.1 Å². The van der Waals surface area contributed by atoms with Gasteiger partial charge < -0.3 is 10.2 Å². The van der Waals surface area contributed by atoms with Crippen molar-refractivity contribution in [3.63, 3.8) is 0 Å². The summed E-state index contributed by atoms with van der Waals surface area (Å²) in [5.74, 6) is 0.654. The summed E-state index contributed by atoms with van der Waals surface area (Å²) in [6.07, 6.45) is 3.54. The number of likely N-dealkylation sites (tertiary alicyclic amines) is 1. The number of halogens is 1. The van der Waals surface area contributed by atoms with Gasteiger partial charge in [0.15, 0.2) is 0 Å². The second-order valence-electron chi connectivity index (χ2n) is 5.14. The molecule has 0 aliphatic carbocycles. The molecule has 1 aromatic rings. The highest BCUT2D eigenvalue weighted by Gasteiger charge is 2.16. The van der Waals surface area contributed by atoms with Gasteiger partial charge in [0.1, 0.15) is 10.3 Å². The summed E-state index contributed by atoms with van der Waals surface area (Å²) in [7, 11) is 2.16. The van der Waals surface area contributed by atoms with E-state index < -0.39 is 0 Å². The molecule has 1 aliphatic rings. The van der Waals surface area contributed by atoms with Crippen molar-refractivity contribution in [2.24, 2.45) is 5.92 Å². The summed E-state index contributed by atoms with van der Waals surface area (Å²) in [4.78, 5) is 18.4. The molecule has 0 bridgehead atoms. The smallest absolute Gasteiger partial charge is 0.269 e. The van der Waals surface area contributed by atoms with E-state index in [0.717, 1.165) is 18.9 Å². The van der Waals surface area contributed by atoms with Crippen LogP contribution in [0.4, 0.5) is 0 Å². The van der Waals surface area contributed by atoms with Gasteiger partial charge in [-0.05, 0) is 73.4 Å². The lowest BCUT2D eigenvalue weighted by Crippen LogP contribution is -2.32. The van der Waals surface area contributed by atoms with Crippen molar-refractivity contribution in [1.29, 1.82) is 0 Å². The first-order valence-corrected chi connectivity index (χ1v) is 7.54. The average molecular weight is 326 g/mol. The largest absolute Gasteiger partial charge is 0.351 e. The number of hydrogen-bond donors (Lipinski definition) is 1. The Morgan fingerprint density at radius 2 is 2.21 bits per heavy atom. The highest BCUT2D eigenvalue weighted by molar-refractivity contribution is 9.10. The first-order chi connectivity index (χ1) is 9.15. The molecule has 1 aliphatic heterocycles. The molecule has 104 valence electrons. The molecule has 19 heavy (non-hydrogen) atoms. The number of nitrogens with one attached hydrogen (secondary N) is 1. The zero-order valence-corrected chi connectivity index (χ0v) is 12.8. The number of aromatic nitrogens is 1. The third kappa shape index (κ3) is 4.58. The molecule has 5 heteroatoms. The number of nitrogens with zero attached hydrogens (tertiary/aromatic N) is 2. The maximum atomic E-state index is 11.9. The van der Waals surface area contributed by atoms with Gasteiger partial charge in [0.2, 0.25) is 0 Å². The Morgan fingerprint density at radius 1 is 1.47 bits per heavy atom. The maximum Gasteiger partial charge on any atom is 0.269 e. The van der Waals surface area contributed by atoms with Crippen LogP contribution in [0.15, 0.2) is 22.8 Å². The predicted octanol–water partition coefficient (Wildman–Crippen LogP) is 2.31. The Labute approximate surface area is 122 Å². The number of amides is 1. The van der Waals surface area contributed by atoms with E-state index in [4.69, 9.17) is 0 Å². The number of hydrogen-bond acceptors (Lipinski definition) is 3. The highest BCUT2D eigenvalue weighted by atomic mass is 79.9. The van der Waals surface area contributed by atoms with Crippen LogP contribution in [-0.2, 0) is 0 Å². The second kappa shape index (κ2) is 7.01. The van der Waals surface area contributed by atoms with Crippen molar-refractivity contribution < 1.29 is 4.79 Å². The zero-order chi connectivity index (χ0) is 13.7. The van der Waals surface area contributed by atoms with Crippen LogP contribution in [0.3, 0.4) is 0 Å². The topological polar surface area (TPSA) is 45.2 Å². The molecule has 1 amide bonds. The molecular weight excluding hydrogens is 306 g/mol. The number of piperidine rings is 1. The van der Waals surface area contributed by atoms with Crippen LogP contribution in [0.25, 0.3) is 0 Å². The molecule has 0 spiro atoms. The molecule has 2 rings (SSSR count). The van der Waals surface area contributed by atoms with Crippen molar-refractivity contribution in [2.75, 3.05) is 26.7 Å². The Morgan fingerprint density at radius 3 is 2.89 bits per heavy atom. The average Bonchev–Trinajstić information content (AvgIpc) is 2.41. The van der Waals surface area contributed by atoms with E-state index in [1.54, 1.807) is 6.07 Å². The number of pyridine rings is 1. The summed E-state index contributed by atoms with van der Waals surface area (Å²) in [6, 6.07) is 5.37. The first-order valence-electron chi connectivity index (χ1n) is 6.74. The lowest BCUT2D eigenvalue weighted by atomic mass is 9.94. The fourth-order valence-corrected chi connectivity index (χ4v) is 2.71. The molecule has 1 N–H and O–H groups in total. The molecule has 0 radical (unpaired) electrons. The molecule has 4 nitrogen and oxygen atoms in total. The van der Waals surface area contributed by atoms with Gasteiger partial charge in [-0.15, -0.1) is 0 Å². The monoisotopic (exact) mass is 325 g/mol. The van der Waals surface area contributed by atoms with Gasteiger partial charge in [-0.3, -0.25) is 4.79 Å². The predicted molar refractivity (Wildman–Crippen MR) is 79.1 cm³/mol. The zero-order valence-electron chi connectivity index (χ0n) is 11.2. The van der Waals surface area contributed by atoms with Crippen LogP contribution in [0.2, 0.25) is 0 Å². The van der Waals surface area contributed by atoms with Crippen molar-refractivity contribution in [1.82, 2.24) is 15.2 Å². The van der Waals surface area contributed by atoms with Gasteiger partial charge in [-0.25, -0.2) is 4.98 Å². The number of rotatable bonds is 4. The van der Waals surface area contributed by atoms with E-state index in [9.17, 15) is 4.79 Å². The van der Waals surface area contributed by atoms with Crippen LogP contribution >= 0.6 is 15.9 Å². The van der Waals surface area contributed by atoms with Gasteiger partial charge in [-0.1, -0.05) is 6.07 Å². The van der Waals surface area contributed by atoms with Crippen molar-refractivity contribution in [2.45, 2.75) is 19.3 Å². The summed E-state index contributed by atoms with van der Waals surface area (Å²) < 4.78 is 0.690. The van der Waals surface area contributed by atoms with Crippen molar-refractivity contribution >= 4 is 21.8 Å². The van der Waals surface area contributed by atoms with Crippen molar-refractivity contribution in [3.05, 3.63) is 28.5 Å². The minimum absolute atomic E-state index is 0.0887. The lowest BCUT2D eigenvalue weighted by molar-refractivity contribution is 0.0944. The van der Waals surface area contributed by atoms with Crippen LogP contribution in [0.5, 0.6) is 0 Å². The fourth-order valence-electron chi connectivity index (χ4n) is 2.37. The van der Waals surface area contributed by atoms with Crippen LogP contribution in [0.1, 0.15) is 29.8 Å². The lowest BCUT2D eigenvalue weighted by Gasteiger charge is -2.28. The normalized spacial score (nSPS) is 17.4. The van der Waals surface area contributed by atoms with E-state index in [-0.39, 0.29) is 5.91 Å². The Hall–Kier alpha value is -0.940. The summed E-state index contributed by atoms with van der Waals surface area (Å²) in [5, 5.41) is 2.95. The Kier molecular flexibility index (Phi) is 5.34. The standard InChI is InChI=1S/C14H20BrN3O/c1-18-9-6-11(7-10-18)5-8-16-14(19)12-3-2-4-13(15)17-12/h2-4,11H,5-10H2,1H3,(H,16,19). The van der Waals surface area contributed by atoms with Gasteiger partial charge in [0, 0.05) is 6.54 Å². The summed E-state index contributed by atoms with van der Waals surface area (Å²) in [6.45, 7) is 3.08. The molecule has 0 unspecified atom stereocenters. The number of carbonyl (C=O) groups excluding carboxylic acids is 1. The quantitative estimate of drug-likeness (QED) is 0.864. The molecule has 1 aromatic heterocycles. The van der Waals surface area contributed by atoms with E-state index in [2.05, 4.69) is 38.2 Å². The van der Waals surface area contributed by atoms with E-state index >= 15 is 0 Å². The Bertz CT molecular complexity index is 430. The van der Waals surface area contributed by atoms with Gasteiger partial charge in [0.25, 0.3) is 5.91 Å². The highest BCUT2D eigenvalue weighted by Crippen LogP contribution is 2.18. The van der Waals surface area contributed by atoms with E-state index in [0.29, 0.717) is 10.3 Å². The van der Waals surface area contributed by atoms with E-state index in [1.165, 1.54) is 25.9 Å². The third-order valence-electron chi connectivity index (χ3n) is 3.62. The number of carbonyl (C=O) groups is 1. The van der Waals surface area contributed by atoms with Crippen molar-refractivity contribution in [3.8, 4) is 0 Å². The van der Waals surface area contributed by atoms with Gasteiger partial charge in [0.05, 0.1) is 0 Å². The molecular formula is C14H20BrN3O. The molecule has 0 aromatic carbocycles. The van der Waals surface area contributed by atoms with Crippen LogP contribution in [0, 0.1) is 5.92 Å². The SMILES string of the molecule is CN1CCC(CCNC(=O)c2cccc(Br)n2)CC1. The summed E-state index contributed by atoms with van der Waals surface area (Å²) in [5.41, 5.74) is 0.470. The second-order valence-corrected chi connectivity index (χ2v) is 5.95. The molecule has 0 atom stereocenters. The van der Waals surface area contributed by atoms with Crippen LogP contribution in [-0.4, -0.2) is 42.5 Å². The molecule has 1 saturated heterocycles. The molecule has 1 fully saturated rings. The minimum Gasteiger partial charge on any atom is -0.351 e. The Balaban J connectivity index is 1.72. The van der Waals surface area contributed by atoms with Gasteiger partial charge in [-0.2, -0.15) is 0 Å². The minimum atomic E-state index is -0.0887. The maximum absolute atomic E-state index is 11.9. The molecule has 2 heterocycles. The third-order valence-corrected chi connectivity index (χ3v) is 4.07.